The van der Waals surface area contributed by atoms with Gasteiger partial charge in [0, 0.05) is 12.1 Å². The normalized spacial score (nSPS) is 21.4. The second-order valence-electron chi connectivity index (χ2n) is 11.0. The Labute approximate surface area is 242 Å². The van der Waals surface area contributed by atoms with E-state index in [4.69, 9.17) is 0 Å². The predicted molar refractivity (Wildman–Crippen MR) is 172 cm³/mol. The average molecular weight is 560 g/mol. The molecule has 212 valence electrons. The van der Waals surface area contributed by atoms with Crippen LogP contribution in [0.2, 0.25) is 0 Å². The van der Waals surface area contributed by atoms with Crippen molar-refractivity contribution in [1.82, 2.24) is 5.32 Å². The topological polar surface area (TPSA) is 12.0 Å². The molecule has 0 amide bonds. The van der Waals surface area contributed by atoms with Crippen molar-refractivity contribution in [3.05, 3.63) is 126 Å². The van der Waals surface area contributed by atoms with Crippen molar-refractivity contribution in [1.29, 1.82) is 0 Å². The highest BCUT2D eigenvalue weighted by Gasteiger charge is 2.44. The summed E-state index contributed by atoms with van der Waals surface area (Å²) in [7, 11) is 4.59. The van der Waals surface area contributed by atoms with Gasteiger partial charge in [-0.25, -0.2) is 8.78 Å². The van der Waals surface area contributed by atoms with E-state index in [1.165, 1.54) is 35.6 Å². The van der Waals surface area contributed by atoms with Crippen LogP contribution in [0.5, 0.6) is 0 Å². The van der Waals surface area contributed by atoms with E-state index < -0.39 is 0 Å². The standard InChI is InChI=1S/C25H25F2P.C8H13N.C3H6/c1-16-14-21(25(2,15-16)19-10-12-20(26)13-11-19)17-6-8-18(9-7-17)24-22(27)4-3-5-23(24)28;1-9-7-8-5-3-2-4-6-8;1-3-2/h3-13,16,21H,14-15,28H2,1-2H3;3,5-6,9H,2,4,7H2,1H3;3H,1H2,2H3/t16?,21?,25-;;/m1../s1. The largest absolute Gasteiger partial charge is 0.316 e. The number of benzene rings is 3. The SMILES string of the molecule is C=CC.CC1CC(c2ccc(-c3c(F)cccc3P)cc2)[C@@](C)(c2ccc(F)cc2)C1.CNCC1=CCCC=C1. The fourth-order valence-electron chi connectivity index (χ4n) is 6.00. The summed E-state index contributed by atoms with van der Waals surface area (Å²) in [6.45, 7) is 10.8. The number of halogens is 2. The zero-order valence-electron chi connectivity index (χ0n) is 24.4. The summed E-state index contributed by atoms with van der Waals surface area (Å²) in [5.41, 5.74) is 5.37. The number of likely N-dealkylation sites (N-methyl/N-ethyl adjacent to an activating group) is 1. The lowest BCUT2D eigenvalue weighted by molar-refractivity contribution is 0.423. The third-order valence-corrected chi connectivity index (χ3v) is 8.26. The van der Waals surface area contributed by atoms with Gasteiger partial charge >= 0.3 is 0 Å². The fourth-order valence-corrected chi connectivity index (χ4v) is 6.41. The molecule has 5 rings (SSSR count). The van der Waals surface area contributed by atoms with E-state index in [0.717, 1.165) is 30.3 Å². The first kappa shape index (κ1) is 31.7. The van der Waals surface area contributed by atoms with Gasteiger partial charge in [0.1, 0.15) is 11.6 Å². The number of nitrogens with one attached hydrogen (secondary N) is 1. The molecule has 0 heterocycles. The van der Waals surface area contributed by atoms with E-state index in [1.807, 2.05) is 44.3 Å². The maximum Gasteiger partial charge on any atom is 0.131 e. The molecule has 40 heavy (non-hydrogen) atoms. The van der Waals surface area contributed by atoms with Gasteiger partial charge in [-0.3, -0.25) is 0 Å². The molecule has 0 bridgehead atoms. The van der Waals surface area contributed by atoms with Crippen molar-refractivity contribution in [3.63, 3.8) is 0 Å². The molecule has 0 saturated heterocycles. The Morgan fingerprint density at radius 1 is 1.02 bits per heavy atom. The molecular weight excluding hydrogens is 515 g/mol. The van der Waals surface area contributed by atoms with Crippen molar-refractivity contribution in [2.24, 2.45) is 5.92 Å². The molecule has 2 aliphatic carbocycles. The number of hydrogen-bond acceptors (Lipinski definition) is 1. The van der Waals surface area contributed by atoms with Crippen LogP contribution in [0.3, 0.4) is 0 Å². The van der Waals surface area contributed by atoms with Gasteiger partial charge in [0.05, 0.1) is 0 Å². The summed E-state index contributed by atoms with van der Waals surface area (Å²) in [4.78, 5) is 0. The van der Waals surface area contributed by atoms with Gasteiger partial charge in [0.25, 0.3) is 0 Å². The third-order valence-electron chi connectivity index (χ3n) is 7.78. The van der Waals surface area contributed by atoms with E-state index >= 15 is 0 Å². The van der Waals surface area contributed by atoms with Gasteiger partial charge in [-0.15, -0.1) is 15.8 Å². The van der Waals surface area contributed by atoms with Crippen LogP contribution in [0.25, 0.3) is 11.1 Å². The summed E-state index contributed by atoms with van der Waals surface area (Å²) in [6, 6.07) is 20.4. The van der Waals surface area contributed by atoms with Gasteiger partial charge in [-0.1, -0.05) is 86.7 Å². The van der Waals surface area contributed by atoms with Crippen molar-refractivity contribution >= 4 is 14.5 Å². The Morgan fingerprint density at radius 2 is 1.70 bits per heavy atom. The minimum Gasteiger partial charge on any atom is -0.316 e. The number of allylic oxidation sites excluding steroid dienone is 3. The van der Waals surface area contributed by atoms with Gasteiger partial charge in [-0.2, -0.15) is 0 Å². The molecule has 0 aromatic heterocycles. The molecule has 3 aromatic rings. The molecule has 1 fully saturated rings. The second-order valence-corrected chi connectivity index (χ2v) is 11.7. The number of rotatable bonds is 5. The van der Waals surface area contributed by atoms with Crippen LogP contribution in [0.1, 0.15) is 63.5 Å². The monoisotopic (exact) mass is 559 g/mol. The maximum atomic E-state index is 14.3. The van der Waals surface area contributed by atoms with E-state index in [1.54, 1.807) is 24.3 Å². The van der Waals surface area contributed by atoms with Gasteiger partial charge in [-0.05, 0) is 103 Å². The quantitative estimate of drug-likeness (QED) is 0.243. The van der Waals surface area contributed by atoms with E-state index in [0.29, 0.717) is 17.4 Å². The zero-order valence-corrected chi connectivity index (χ0v) is 25.5. The molecule has 4 heteroatoms. The Kier molecular flexibility index (Phi) is 12.0. The Balaban J connectivity index is 0.000000307. The predicted octanol–water partition coefficient (Wildman–Crippen LogP) is 9.28. The van der Waals surface area contributed by atoms with Crippen LogP contribution >= 0.6 is 9.24 Å². The summed E-state index contributed by atoms with van der Waals surface area (Å²) in [5.74, 6) is 0.561. The first-order valence-electron chi connectivity index (χ1n) is 14.2. The summed E-state index contributed by atoms with van der Waals surface area (Å²) in [6.07, 6.45) is 13.1. The first-order valence-corrected chi connectivity index (χ1v) is 14.8. The molecular formula is C36H44F2NP. The van der Waals surface area contributed by atoms with Crippen LogP contribution in [0, 0.1) is 17.6 Å². The fraction of sp³-hybridized carbons (Fsp3) is 0.333. The zero-order chi connectivity index (χ0) is 29.1. The van der Waals surface area contributed by atoms with Crippen molar-refractivity contribution < 1.29 is 8.78 Å². The molecule has 3 unspecified atom stereocenters. The highest BCUT2D eigenvalue weighted by molar-refractivity contribution is 7.28. The van der Waals surface area contributed by atoms with Gasteiger partial charge in [0.2, 0.25) is 0 Å². The summed E-state index contributed by atoms with van der Waals surface area (Å²) < 4.78 is 27.8. The lowest BCUT2D eigenvalue weighted by Crippen LogP contribution is -2.25. The lowest BCUT2D eigenvalue weighted by atomic mass is 9.71. The Hall–Kier alpha value is -2.87. The number of hydrogen-bond donors (Lipinski definition) is 1. The van der Waals surface area contributed by atoms with E-state index in [9.17, 15) is 8.78 Å². The highest BCUT2D eigenvalue weighted by Crippen LogP contribution is 2.53. The average Bonchev–Trinajstić information content (AvgIpc) is 3.26. The summed E-state index contributed by atoms with van der Waals surface area (Å²) >= 11 is 0. The van der Waals surface area contributed by atoms with Crippen molar-refractivity contribution in [2.45, 2.75) is 57.8 Å². The molecule has 0 spiro atoms. The molecule has 1 N–H and O–H groups in total. The third kappa shape index (κ3) is 8.09. The lowest BCUT2D eigenvalue weighted by Gasteiger charge is -2.33. The molecule has 1 nitrogen and oxygen atoms in total. The minimum absolute atomic E-state index is 0.0294. The molecule has 3 aromatic carbocycles. The molecule has 2 aliphatic rings. The molecule has 1 saturated carbocycles. The molecule has 4 atom stereocenters. The van der Waals surface area contributed by atoms with Gasteiger partial charge < -0.3 is 5.32 Å². The Morgan fingerprint density at radius 3 is 2.27 bits per heavy atom. The Bertz CT molecular complexity index is 1270. The minimum atomic E-state index is -0.203. The van der Waals surface area contributed by atoms with Crippen LogP contribution in [0.4, 0.5) is 8.78 Å². The van der Waals surface area contributed by atoms with Gasteiger partial charge in [0.15, 0.2) is 0 Å². The van der Waals surface area contributed by atoms with Crippen LogP contribution in [-0.4, -0.2) is 13.6 Å². The smallest absolute Gasteiger partial charge is 0.131 e. The summed E-state index contributed by atoms with van der Waals surface area (Å²) in [5, 5.41) is 3.98. The van der Waals surface area contributed by atoms with Crippen LogP contribution < -0.4 is 10.6 Å². The molecule has 0 aliphatic heterocycles. The first-order chi connectivity index (χ1) is 19.2. The van der Waals surface area contributed by atoms with Crippen molar-refractivity contribution in [2.75, 3.05) is 13.6 Å². The highest BCUT2D eigenvalue weighted by atomic mass is 31.0. The van der Waals surface area contributed by atoms with Crippen LogP contribution in [0.15, 0.2) is 103 Å². The maximum absolute atomic E-state index is 14.3. The molecule has 0 radical (unpaired) electrons. The van der Waals surface area contributed by atoms with Crippen LogP contribution in [-0.2, 0) is 5.41 Å². The second kappa shape index (κ2) is 15.2. The van der Waals surface area contributed by atoms with Crippen molar-refractivity contribution in [3.8, 4) is 11.1 Å². The van der Waals surface area contributed by atoms with E-state index in [-0.39, 0.29) is 17.0 Å². The van der Waals surface area contributed by atoms with E-state index in [2.05, 4.69) is 65.3 Å².